The molecule has 1 aliphatic rings. The maximum Gasteiger partial charge on any atom is 0.318 e. The Balaban J connectivity index is 1.98. The number of nitrogens with one attached hydrogen (secondary N) is 1. The first-order valence-electron chi connectivity index (χ1n) is 8.10. The minimum absolute atomic E-state index is 0.174. The molecule has 132 valence electrons. The molecule has 0 saturated heterocycles. The normalized spacial score (nSPS) is 14.8. The van der Waals surface area contributed by atoms with Gasteiger partial charge in [-0.1, -0.05) is 18.2 Å². The Hall–Kier alpha value is -2.73. The fourth-order valence-corrected chi connectivity index (χ4v) is 2.96. The summed E-state index contributed by atoms with van der Waals surface area (Å²) in [6.07, 6.45) is 0. The second-order valence-electron chi connectivity index (χ2n) is 5.78. The summed E-state index contributed by atoms with van der Waals surface area (Å²) in [5, 5.41) is 2.86. The average molecular weight is 342 g/mol. The molecule has 6 nitrogen and oxygen atoms in total. The molecule has 0 radical (unpaired) electrons. The van der Waals surface area contributed by atoms with Crippen LogP contribution in [-0.2, 0) is 4.74 Å². The summed E-state index contributed by atoms with van der Waals surface area (Å²) in [4.78, 5) is 14.3. The molecule has 6 heteroatoms. The van der Waals surface area contributed by atoms with E-state index in [-0.39, 0.29) is 12.1 Å². The Labute approximate surface area is 147 Å². The predicted molar refractivity (Wildman–Crippen MR) is 94.4 cm³/mol. The third-order valence-electron chi connectivity index (χ3n) is 4.24. The quantitative estimate of drug-likeness (QED) is 0.848. The maximum atomic E-state index is 12.6. The van der Waals surface area contributed by atoms with Crippen molar-refractivity contribution >= 4 is 6.03 Å². The molecule has 0 aliphatic carbocycles. The van der Waals surface area contributed by atoms with Crippen molar-refractivity contribution in [1.82, 2.24) is 10.2 Å². The summed E-state index contributed by atoms with van der Waals surface area (Å²) in [6.45, 7) is 0.920. The largest absolute Gasteiger partial charge is 0.497 e. The molecular formula is C19H22N2O4. The number of rotatable bonds is 5. The van der Waals surface area contributed by atoms with Crippen LogP contribution < -0.4 is 14.8 Å². The van der Waals surface area contributed by atoms with Crippen molar-refractivity contribution in [1.29, 1.82) is 0 Å². The molecule has 2 aromatic carbocycles. The van der Waals surface area contributed by atoms with Crippen molar-refractivity contribution in [3.8, 4) is 17.2 Å². The van der Waals surface area contributed by atoms with E-state index in [9.17, 15) is 4.79 Å². The van der Waals surface area contributed by atoms with Gasteiger partial charge in [0.15, 0.2) is 0 Å². The Morgan fingerprint density at radius 3 is 2.68 bits per heavy atom. The monoisotopic (exact) mass is 342 g/mol. The number of fused-ring (bicyclic) bond motifs is 2. The van der Waals surface area contributed by atoms with E-state index in [2.05, 4.69) is 5.32 Å². The number of hydrogen-bond donors (Lipinski definition) is 1. The molecule has 25 heavy (non-hydrogen) atoms. The SMILES string of the molecule is COCCNC(=O)N(C)C1c2ccccc2Oc2ccc(OC)cc21. The Morgan fingerprint density at radius 2 is 1.92 bits per heavy atom. The lowest BCUT2D eigenvalue weighted by molar-refractivity contribution is 0.178. The second kappa shape index (κ2) is 7.44. The van der Waals surface area contributed by atoms with Crippen molar-refractivity contribution in [2.24, 2.45) is 0 Å². The summed E-state index contributed by atoms with van der Waals surface area (Å²) in [6, 6.07) is 12.9. The molecule has 0 spiro atoms. The van der Waals surface area contributed by atoms with Crippen molar-refractivity contribution in [3.63, 3.8) is 0 Å². The van der Waals surface area contributed by atoms with Crippen LogP contribution in [-0.4, -0.2) is 45.3 Å². The fraction of sp³-hybridized carbons (Fsp3) is 0.316. The van der Waals surface area contributed by atoms with E-state index < -0.39 is 0 Å². The zero-order valence-electron chi connectivity index (χ0n) is 14.6. The van der Waals surface area contributed by atoms with Crippen molar-refractivity contribution < 1.29 is 19.0 Å². The molecule has 2 aromatic rings. The summed E-state index contributed by atoms with van der Waals surface area (Å²) >= 11 is 0. The highest BCUT2D eigenvalue weighted by molar-refractivity contribution is 5.76. The molecule has 0 saturated carbocycles. The number of urea groups is 1. The predicted octanol–water partition coefficient (Wildman–Crippen LogP) is 3.18. The number of amides is 2. The maximum absolute atomic E-state index is 12.6. The van der Waals surface area contributed by atoms with Gasteiger partial charge < -0.3 is 24.4 Å². The van der Waals surface area contributed by atoms with Gasteiger partial charge in [-0.05, 0) is 24.3 Å². The van der Waals surface area contributed by atoms with Gasteiger partial charge in [-0.3, -0.25) is 0 Å². The molecule has 0 fully saturated rings. The summed E-state index contributed by atoms with van der Waals surface area (Å²) < 4.78 is 16.3. The molecule has 3 rings (SSSR count). The average Bonchev–Trinajstić information content (AvgIpc) is 2.65. The highest BCUT2D eigenvalue weighted by Gasteiger charge is 2.32. The van der Waals surface area contributed by atoms with E-state index in [1.807, 2.05) is 42.5 Å². The first kappa shape index (κ1) is 17.1. The zero-order chi connectivity index (χ0) is 17.8. The number of para-hydroxylation sites is 1. The smallest absolute Gasteiger partial charge is 0.318 e. The number of carbonyl (C=O) groups excluding carboxylic acids is 1. The minimum Gasteiger partial charge on any atom is -0.497 e. The number of carbonyl (C=O) groups is 1. The van der Waals surface area contributed by atoms with Gasteiger partial charge in [0.25, 0.3) is 0 Å². The highest BCUT2D eigenvalue weighted by Crippen LogP contribution is 2.46. The molecule has 1 unspecified atom stereocenters. The van der Waals surface area contributed by atoms with Crippen molar-refractivity contribution in [2.75, 3.05) is 34.4 Å². The lowest BCUT2D eigenvalue weighted by Gasteiger charge is -2.34. The van der Waals surface area contributed by atoms with Gasteiger partial charge in [-0.25, -0.2) is 4.79 Å². The van der Waals surface area contributed by atoms with Crippen molar-refractivity contribution in [2.45, 2.75) is 6.04 Å². The van der Waals surface area contributed by atoms with Crippen LogP contribution in [0.4, 0.5) is 4.79 Å². The first-order chi connectivity index (χ1) is 12.2. The number of hydrogen-bond acceptors (Lipinski definition) is 4. The van der Waals surface area contributed by atoms with Gasteiger partial charge in [0.2, 0.25) is 0 Å². The van der Waals surface area contributed by atoms with E-state index in [1.54, 1.807) is 26.2 Å². The van der Waals surface area contributed by atoms with Crippen molar-refractivity contribution in [3.05, 3.63) is 53.6 Å². The van der Waals surface area contributed by atoms with Crippen LogP contribution in [0.25, 0.3) is 0 Å². The molecule has 2 amide bonds. The van der Waals surface area contributed by atoms with Gasteiger partial charge >= 0.3 is 6.03 Å². The standard InChI is InChI=1S/C19H22N2O4/c1-21(19(22)20-10-11-23-2)18-14-6-4-5-7-16(14)25-17-9-8-13(24-3)12-15(17)18/h4-9,12,18H,10-11H2,1-3H3,(H,20,22). The molecule has 0 aromatic heterocycles. The zero-order valence-corrected chi connectivity index (χ0v) is 14.6. The highest BCUT2D eigenvalue weighted by atomic mass is 16.5. The number of ether oxygens (including phenoxy) is 3. The molecular weight excluding hydrogens is 320 g/mol. The van der Waals surface area contributed by atoms with Crippen LogP contribution in [0.15, 0.2) is 42.5 Å². The molecule has 1 aliphatic heterocycles. The van der Waals surface area contributed by atoms with E-state index in [1.165, 1.54) is 0 Å². The lowest BCUT2D eigenvalue weighted by Crippen LogP contribution is -2.41. The second-order valence-corrected chi connectivity index (χ2v) is 5.78. The van der Waals surface area contributed by atoms with E-state index in [0.717, 1.165) is 28.4 Å². The topological polar surface area (TPSA) is 60.0 Å². The summed E-state index contributed by atoms with van der Waals surface area (Å²) in [7, 11) is 5.00. The van der Waals surface area contributed by atoms with Crippen LogP contribution in [0.2, 0.25) is 0 Å². The van der Waals surface area contributed by atoms with Gasteiger partial charge in [0.05, 0.1) is 19.8 Å². The third-order valence-corrected chi connectivity index (χ3v) is 4.24. The summed E-state index contributed by atoms with van der Waals surface area (Å²) in [5.41, 5.74) is 1.83. The summed E-state index contributed by atoms with van der Waals surface area (Å²) in [5.74, 6) is 2.20. The van der Waals surface area contributed by atoms with Crippen LogP contribution in [0.5, 0.6) is 17.2 Å². The van der Waals surface area contributed by atoms with Crippen LogP contribution >= 0.6 is 0 Å². The van der Waals surface area contributed by atoms with Crippen LogP contribution in [0, 0.1) is 0 Å². The Kier molecular flexibility index (Phi) is 5.09. The van der Waals surface area contributed by atoms with Crippen LogP contribution in [0.1, 0.15) is 17.2 Å². The first-order valence-corrected chi connectivity index (χ1v) is 8.10. The van der Waals surface area contributed by atoms with Crippen LogP contribution in [0.3, 0.4) is 0 Å². The fourth-order valence-electron chi connectivity index (χ4n) is 2.96. The van der Waals surface area contributed by atoms with E-state index >= 15 is 0 Å². The molecule has 1 N–H and O–H groups in total. The lowest BCUT2D eigenvalue weighted by atomic mass is 9.93. The van der Waals surface area contributed by atoms with Gasteiger partial charge in [-0.2, -0.15) is 0 Å². The van der Waals surface area contributed by atoms with Gasteiger partial charge in [0.1, 0.15) is 17.2 Å². The molecule has 1 atom stereocenters. The number of nitrogens with zero attached hydrogens (tertiary/aromatic N) is 1. The molecule has 0 bridgehead atoms. The Morgan fingerprint density at radius 1 is 1.16 bits per heavy atom. The van der Waals surface area contributed by atoms with E-state index in [4.69, 9.17) is 14.2 Å². The minimum atomic E-state index is -0.266. The number of benzene rings is 2. The molecule has 1 heterocycles. The van der Waals surface area contributed by atoms with E-state index in [0.29, 0.717) is 13.2 Å². The van der Waals surface area contributed by atoms with Gasteiger partial charge in [-0.15, -0.1) is 0 Å². The Bertz CT molecular complexity index is 763. The number of methoxy groups -OCH3 is 2. The third kappa shape index (κ3) is 3.39. The van der Waals surface area contributed by atoms with Gasteiger partial charge in [0, 0.05) is 31.8 Å².